The Morgan fingerprint density at radius 3 is 2.65 bits per heavy atom. The first-order chi connectivity index (χ1) is 12.5. The first-order valence-corrected chi connectivity index (χ1v) is 9.45. The maximum Gasteiger partial charge on any atom is 0.265 e. The maximum absolute atomic E-state index is 13.8. The Hall–Kier alpha value is -2.51. The van der Waals surface area contributed by atoms with Crippen LogP contribution in [0, 0.1) is 12.7 Å². The lowest BCUT2D eigenvalue weighted by Crippen LogP contribution is -2.11. The SMILES string of the molecule is Cc1nn(-c2ccc(Br)cc2)c2sc(C(=O)Nc3ccccc3F)cc12. The first kappa shape index (κ1) is 16.9. The molecule has 4 nitrogen and oxygen atoms in total. The lowest BCUT2D eigenvalue weighted by Gasteiger charge is -2.04. The van der Waals surface area contributed by atoms with E-state index in [1.165, 1.54) is 23.5 Å². The fourth-order valence-corrected chi connectivity index (χ4v) is 4.01. The van der Waals surface area contributed by atoms with Crippen molar-refractivity contribution >= 4 is 49.1 Å². The average molecular weight is 430 g/mol. The highest BCUT2D eigenvalue weighted by atomic mass is 79.9. The molecule has 0 bridgehead atoms. The number of anilines is 1. The lowest BCUT2D eigenvalue weighted by atomic mass is 10.2. The standard InChI is InChI=1S/C19H13BrFN3OS/c1-11-14-10-17(18(25)22-16-5-3-2-4-15(16)21)26-19(14)24(23-11)13-8-6-12(20)7-9-13/h2-10H,1H3,(H,22,25). The quantitative estimate of drug-likeness (QED) is 0.463. The number of thiophene rings is 1. The van der Waals surface area contributed by atoms with Crippen LogP contribution >= 0.6 is 27.3 Å². The minimum atomic E-state index is -0.459. The van der Waals surface area contributed by atoms with Crippen LogP contribution in [-0.2, 0) is 0 Å². The third-order valence-electron chi connectivity index (χ3n) is 3.96. The summed E-state index contributed by atoms with van der Waals surface area (Å²) in [5.41, 5.74) is 1.92. The van der Waals surface area contributed by atoms with Crippen molar-refractivity contribution in [3.8, 4) is 5.69 Å². The van der Waals surface area contributed by atoms with E-state index in [2.05, 4.69) is 26.3 Å². The van der Waals surface area contributed by atoms with Crippen molar-refractivity contribution in [1.29, 1.82) is 0 Å². The van der Waals surface area contributed by atoms with E-state index in [0.717, 1.165) is 26.1 Å². The molecule has 0 atom stereocenters. The Morgan fingerprint density at radius 1 is 1.19 bits per heavy atom. The summed E-state index contributed by atoms with van der Waals surface area (Å²) in [4.78, 5) is 13.9. The van der Waals surface area contributed by atoms with Crippen molar-refractivity contribution in [2.24, 2.45) is 0 Å². The van der Waals surface area contributed by atoms with E-state index in [1.807, 2.05) is 35.9 Å². The summed E-state index contributed by atoms with van der Waals surface area (Å²) in [7, 11) is 0. The Labute approximate surface area is 161 Å². The molecular weight excluding hydrogens is 417 g/mol. The Morgan fingerprint density at radius 2 is 1.92 bits per heavy atom. The number of rotatable bonds is 3. The van der Waals surface area contributed by atoms with Crippen molar-refractivity contribution < 1.29 is 9.18 Å². The molecule has 0 spiro atoms. The van der Waals surface area contributed by atoms with E-state index in [0.29, 0.717) is 4.88 Å². The van der Waals surface area contributed by atoms with Gasteiger partial charge < -0.3 is 5.32 Å². The van der Waals surface area contributed by atoms with E-state index in [4.69, 9.17) is 0 Å². The van der Waals surface area contributed by atoms with E-state index < -0.39 is 5.82 Å². The van der Waals surface area contributed by atoms with Crippen LogP contribution in [0.5, 0.6) is 0 Å². The zero-order chi connectivity index (χ0) is 18.3. The largest absolute Gasteiger partial charge is 0.319 e. The predicted octanol–water partition coefficient (Wildman–Crippen LogP) is 5.55. The number of hydrogen-bond donors (Lipinski definition) is 1. The van der Waals surface area contributed by atoms with Gasteiger partial charge in [-0.3, -0.25) is 4.79 Å². The van der Waals surface area contributed by atoms with Crippen molar-refractivity contribution in [1.82, 2.24) is 9.78 Å². The van der Waals surface area contributed by atoms with Crippen LogP contribution in [0.3, 0.4) is 0 Å². The highest BCUT2D eigenvalue weighted by Crippen LogP contribution is 2.31. The lowest BCUT2D eigenvalue weighted by molar-refractivity contribution is 0.103. The van der Waals surface area contributed by atoms with Crippen molar-refractivity contribution in [3.05, 3.63) is 75.5 Å². The second-order valence-corrected chi connectivity index (χ2v) is 7.68. The summed E-state index contributed by atoms with van der Waals surface area (Å²) in [6, 6.07) is 15.7. The number of amides is 1. The van der Waals surface area contributed by atoms with E-state index in [1.54, 1.807) is 18.2 Å². The number of para-hydroxylation sites is 1. The van der Waals surface area contributed by atoms with E-state index in [9.17, 15) is 9.18 Å². The van der Waals surface area contributed by atoms with Gasteiger partial charge in [0.1, 0.15) is 10.6 Å². The number of hydrogen-bond acceptors (Lipinski definition) is 3. The van der Waals surface area contributed by atoms with Crippen molar-refractivity contribution in [3.63, 3.8) is 0 Å². The second kappa shape index (κ2) is 6.66. The molecule has 0 saturated heterocycles. The number of aromatic nitrogens is 2. The predicted molar refractivity (Wildman–Crippen MR) is 106 cm³/mol. The molecule has 0 radical (unpaired) electrons. The summed E-state index contributed by atoms with van der Waals surface area (Å²) in [6.07, 6.45) is 0. The number of fused-ring (bicyclic) bond motifs is 1. The first-order valence-electron chi connectivity index (χ1n) is 7.84. The van der Waals surface area contributed by atoms with E-state index >= 15 is 0 Å². The summed E-state index contributed by atoms with van der Waals surface area (Å²) in [5, 5.41) is 8.11. The zero-order valence-electron chi connectivity index (χ0n) is 13.7. The normalized spacial score (nSPS) is 11.0. The van der Waals surface area contributed by atoms with Gasteiger partial charge in [0.15, 0.2) is 0 Å². The number of benzene rings is 2. The fraction of sp³-hybridized carbons (Fsp3) is 0.0526. The second-order valence-electron chi connectivity index (χ2n) is 5.74. The Kier molecular flexibility index (Phi) is 4.34. The summed E-state index contributed by atoms with van der Waals surface area (Å²) >= 11 is 4.75. The van der Waals surface area contributed by atoms with Crippen LogP contribution in [0.1, 0.15) is 15.4 Å². The Bertz CT molecular complexity index is 1120. The fourth-order valence-electron chi connectivity index (χ4n) is 2.66. The monoisotopic (exact) mass is 429 g/mol. The molecule has 0 unspecified atom stereocenters. The van der Waals surface area contributed by atoms with Crippen LogP contribution in [0.4, 0.5) is 10.1 Å². The summed E-state index contributed by atoms with van der Waals surface area (Å²) < 4.78 is 16.6. The van der Waals surface area contributed by atoms with Crippen LogP contribution in [-0.4, -0.2) is 15.7 Å². The molecule has 4 aromatic rings. The molecule has 0 fully saturated rings. The van der Waals surface area contributed by atoms with Gasteiger partial charge >= 0.3 is 0 Å². The molecule has 1 amide bonds. The van der Waals surface area contributed by atoms with Crippen LogP contribution in [0.25, 0.3) is 15.9 Å². The zero-order valence-corrected chi connectivity index (χ0v) is 16.1. The molecule has 2 aromatic carbocycles. The average Bonchev–Trinajstić information content (AvgIpc) is 3.19. The van der Waals surface area contributed by atoms with E-state index in [-0.39, 0.29) is 11.6 Å². The molecule has 0 aliphatic carbocycles. The number of nitrogens with zero attached hydrogens (tertiary/aromatic N) is 2. The third-order valence-corrected chi connectivity index (χ3v) is 5.60. The van der Waals surface area contributed by atoms with Crippen LogP contribution in [0.2, 0.25) is 0 Å². The molecule has 2 heterocycles. The van der Waals surface area contributed by atoms with Gasteiger partial charge in [-0.15, -0.1) is 11.3 Å². The smallest absolute Gasteiger partial charge is 0.265 e. The minimum absolute atomic E-state index is 0.168. The molecule has 4 rings (SSSR count). The number of halogens is 2. The third kappa shape index (κ3) is 3.04. The summed E-state index contributed by atoms with van der Waals surface area (Å²) in [6.45, 7) is 1.91. The highest BCUT2D eigenvalue weighted by molar-refractivity contribution is 9.10. The Balaban J connectivity index is 1.72. The molecule has 130 valence electrons. The van der Waals surface area contributed by atoms with Crippen molar-refractivity contribution in [2.45, 2.75) is 6.92 Å². The highest BCUT2D eigenvalue weighted by Gasteiger charge is 2.18. The topological polar surface area (TPSA) is 46.9 Å². The van der Waals surface area contributed by atoms with Crippen LogP contribution in [0.15, 0.2) is 59.1 Å². The summed E-state index contributed by atoms with van der Waals surface area (Å²) in [5.74, 6) is -0.794. The van der Waals surface area contributed by atoms with Gasteiger partial charge in [-0.05, 0) is 49.4 Å². The number of carbonyl (C=O) groups excluding carboxylic acids is 1. The molecule has 26 heavy (non-hydrogen) atoms. The number of aryl methyl sites for hydroxylation is 1. The van der Waals surface area contributed by atoms with Gasteiger partial charge in [-0.1, -0.05) is 28.1 Å². The number of carbonyl (C=O) groups is 1. The van der Waals surface area contributed by atoms with Crippen molar-refractivity contribution in [2.75, 3.05) is 5.32 Å². The van der Waals surface area contributed by atoms with Gasteiger partial charge in [-0.2, -0.15) is 5.10 Å². The molecule has 0 aliphatic heterocycles. The minimum Gasteiger partial charge on any atom is -0.319 e. The molecule has 1 N–H and O–H groups in total. The van der Waals surface area contributed by atoms with Crippen LogP contribution < -0.4 is 5.32 Å². The molecule has 0 saturated carbocycles. The van der Waals surface area contributed by atoms with Gasteiger partial charge in [0.2, 0.25) is 0 Å². The molecule has 7 heteroatoms. The van der Waals surface area contributed by atoms with Gasteiger partial charge in [0, 0.05) is 9.86 Å². The van der Waals surface area contributed by atoms with Gasteiger partial charge in [0.25, 0.3) is 5.91 Å². The molecular formula is C19H13BrFN3OS. The van der Waals surface area contributed by atoms with Gasteiger partial charge in [-0.25, -0.2) is 9.07 Å². The maximum atomic E-state index is 13.8. The molecule has 2 aromatic heterocycles. The molecule has 0 aliphatic rings. The number of nitrogens with one attached hydrogen (secondary N) is 1. The van der Waals surface area contributed by atoms with Gasteiger partial charge in [0.05, 0.1) is 21.9 Å².